The second-order valence-electron chi connectivity index (χ2n) is 7.87. The second-order valence-corrected chi connectivity index (χ2v) is 9.00. The van der Waals surface area contributed by atoms with Gasteiger partial charge in [-0.15, -0.1) is 0 Å². The van der Waals surface area contributed by atoms with E-state index >= 15 is 0 Å². The molecule has 8 nitrogen and oxygen atoms in total. The fraction of sp³-hybridized carbons (Fsp3) is 0.842. The monoisotopic (exact) mass is 446 g/mol. The molecule has 0 spiro atoms. The topological polar surface area (TPSA) is 102 Å². The number of amides is 3. The van der Waals surface area contributed by atoms with Crippen molar-refractivity contribution in [2.24, 2.45) is 11.8 Å². The van der Waals surface area contributed by atoms with E-state index in [9.17, 15) is 14.4 Å². The first-order valence-electron chi connectivity index (χ1n) is 10.4. The Kier molecular flexibility index (Phi) is 10.4. The van der Waals surface area contributed by atoms with Crippen molar-refractivity contribution in [3.63, 3.8) is 0 Å². The van der Waals surface area contributed by atoms with Crippen LogP contribution in [0.25, 0.3) is 0 Å². The Morgan fingerprint density at radius 1 is 1.14 bits per heavy atom. The molecule has 0 bridgehead atoms. The lowest BCUT2D eigenvalue weighted by atomic mass is 9.93. The Morgan fingerprint density at radius 2 is 1.83 bits per heavy atom. The minimum absolute atomic E-state index is 0.0620. The molecule has 3 rings (SSSR count). The molecule has 0 saturated carbocycles. The molecule has 0 unspecified atom stereocenters. The molecule has 3 amide bonds. The fourth-order valence-corrected chi connectivity index (χ4v) is 4.31. The van der Waals surface area contributed by atoms with Crippen LogP contribution in [0.2, 0.25) is 0 Å². The average Bonchev–Trinajstić information content (AvgIpc) is 3.02. The molecule has 3 heterocycles. The highest BCUT2D eigenvalue weighted by Crippen LogP contribution is 2.29. The number of carbonyl (C=O) groups is 3. The van der Waals surface area contributed by atoms with Gasteiger partial charge in [0.05, 0.1) is 18.4 Å². The van der Waals surface area contributed by atoms with Gasteiger partial charge in [-0.3, -0.25) is 9.59 Å². The van der Waals surface area contributed by atoms with E-state index in [2.05, 4.69) is 35.9 Å². The largest absolute Gasteiger partial charge is 0.481 e. The average molecular weight is 447 g/mol. The third kappa shape index (κ3) is 7.57. The number of thiol groups is 2. The van der Waals surface area contributed by atoms with Crippen LogP contribution in [-0.4, -0.2) is 83.2 Å². The number of fused-ring (bicyclic) bond motifs is 1. The summed E-state index contributed by atoms with van der Waals surface area (Å²) in [4.78, 5) is 39.3. The Morgan fingerprint density at radius 3 is 2.48 bits per heavy atom. The number of carboxylic acid groups (broad SMARTS) is 1. The zero-order chi connectivity index (χ0) is 21.2. The van der Waals surface area contributed by atoms with Crippen molar-refractivity contribution in [3.8, 4) is 0 Å². The number of nitrogens with one attached hydrogen (secondary N) is 2. The number of piperidine rings is 2. The maximum absolute atomic E-state index is 12.7. The molecule has 0 aliphatic carbocycles. The van der Waals surface area contributed by atoms with Gasteiger partial charge in [-0.25, -0.2) is 4.79 Å². The van der Waals surface area contributed by atoms with Gasteiger partial charge in [0.15, 0.2) is 0 Å². The minimum Gasteiger partial charge on any atom is -0.481 e. The predicted molar refractivity (Wildman–Crippen MR) is 118 cm³/mol. The summed E-state index contributed by atoms with van der Waals surface area (Å²) in [6, 6.07) is 0.283. The molecule has 166 valence electrons. The van der Waals surface area contributed by atoms with Crippen molar-refractivity contribution in [2.45, 2.75) is 44.6 Å². The number of rotatable bonds is 7. The van der Waals surface area contributed by atoms with Crippen LogP contribution in [0, 0.1) is 11.8 Å². The van der Waals surface area contributed by atoms with Gasteiger partial charge in [0.2, 0.25) is 5.91 Å². The summed E-state index contributed by atoms with van der Waals surface area (Å²) in [6.07, 6.45) is 4.96. The highest BCUT2D eigenvalue weighted by molar-refractivity contribution is 7.98. The van der Waals surface area contributed by atoms with Crippen LogP contribution in [-0.2, 0) is 9.59 Å². The molecule has 0 aromatic carbocycles. The van der Waals surface area contributed by atoms with Crippen molar-refractivity contribution in [1.29, 1.82) is 0 Å². The SMILES string of the molecule is O=C(O)CCNC(=O)[C@H]1CC[C@@H]2CN(CCC3CCNCC3)C(=O)N2C1.SCS. The minimum atomic E-state index is -0.923. The van der Waals surface area contributed by atoms with Crippen LogP contribution in [0.4, 0.5) is 4.79 Å². The molecule has 3 saturated heterocycles. The van der Waals surface area contributed by atoms with Gasteiger partial charge in [-0.05, 0) is 51.1 Å². The van der Waals surface area contributed by atoms with Crippen LogP contribution >= 0.6 is 25.3 Å². The van der Waals surface area contributed by atoms with E-state index in [1.54, 1.807) is 0 Å². The first-order chi connectivity index (χ1) is 14.0. The summed E-state index contributed by atoms with van der Waals surface area (Å²) >= 11 is 7.31. The Bertz CT molecular complexity index is 560. The molecule has 29 heavy (non-hydrogen) atoms. The van der Waals surface area contributed by atoms with Gasteiger partial charge < -0.3 is 25.5 Å². The Labute approximate surface area is 184 Å². The summed E-state index contributed by atoms with van der Waals surface area (Å²) in [5.74, 6) is -0.582. The molecule has 3 fully saturated rings. The first-order valence-corrected chi connectivity index (χ1v) is 11.7. The molecule has 0 radical (unpaired) electrons. The van der Waals surface area contributed by atoms with Gasteiger partial charge in [-0.2, -0.15) is 25.3 Å². The van der Waals surface area contributed by atoms with Gasteiger partial charge in [0.1, 0.15) is 0 Å². The van der Waals surface area contributed by atoms with Gasteiger partial charge in [0.25, 0.3) is 0 Å². The molecule has 3 N–H and O–H groups in total. The highest BCUT2D eigenvalue weighted by Gasteiger charge is 2.42. The van der Waals surface area contributed by atoms with E-state index in [0.29, 0.717) is 17.5 Å². The normalized spacial score (nSPS) is 24.6. The third-order valence-electron chi connectivity index (χ3n) is 5.93. The number of aliphatic carboxylic acids is 1. The van der Waals surface area contributed by atoms with Crippen molar-refractivity contribution >= 4 is 43.2 Å². The maximum atomic E-state index is 12.7. The van der Waals surface area contributed by atoms with Crippen LogP contribution in [0.15, 0.2) is 0 Å². The van der Waals surface area contributed by atoms with Crippen LogP contribution in [0.3, 0.4) is 0 Å². The zero-order valence-corrected chi connectivity index (χ0v) is 18.7. The Hall–Kier alpha value is -1.13. The summed E-state index contributed by atoms with van der Waals surface area (Å²) in [5, 5.41) is 15.3. The van der Waals surface area contributed by atoms with Crippen molar-refractivity contribution in [3.05, 3.63) is 0 Å². The van der Waals surface area contributed by atoms with Crippen molar-refractivity contribution in [1.82, 2.24) is 20.4 Å². The number of nitrogens with zero attached hydrogens (tertiary/aromatic N) is 2. The summed E-state index contributed by atoms with van der Waals surface area (Å²) in [7, 11) is 0. The lowest BCUT2D eigenvalue weighted by molar-refractivity contribution is -0.137. The number of carboxylic acids is 1. The molecule has 0 aromatic heterocycles. The standard InChI is InChI=1S/C18H30N4O4.CH4S2/c23-16(24)5-9-20-17(25)14-1-2-15-12-21(18(26)22(15)11-14)10-6-13-3-7-19-8-4-13;2-1-3/h13-15,19H,1-12H2,(H,20,25)(H,23,24);2-3H,1H2/t14-,15+;/m0./s1. The predicted octanol–water partition coefficient (Wildman–Crippen LogP) is 1.29. The first kappa shape index (κ1) is 24.1. The molecule has 0 aromatic rings. The van der Waals surface area contributed by atoms with Gasteiger partial charge in [0, 0.05) is 31.3 Å². The van der Waals surface area contributed by atoms with Crippen molar-refractivity contribution in [2.75, 3.05) is 44.4 Å². The maximum Gasteiger partial charge on any atom is 0.320 e. The number of hydrogen-bond acceptors (Lipinski definition) is 6. The van der Waals surface area contributed by atoms with E-state index in [0.717, 1.165) is 45.4 Å². The quantitative estimate of drug-likeness (QED) is 0.300. The van der Waals surface area contributed by atoms with Crippen LogP contribution in [0.5, 0.6) is 0 Å². The number of hydrogen-bond donors (Lipinski definition) is 5. The van der Waals surface area contributed by atoms with E-state index in [4.69, 9.17) is 5.11 Å². The van der Waals surface area contributed by atoms with Gasteiger partial charge >= 0.3 is 12.0 Å². The highest BCUT2D eigenvalue weighted by atomic mass is 32.2. The fourth-order valence-electron chi connectivity index (χ4n) is 4.31. The second kappa shape index (κ2) is 12.5. The van der Waals surface area contributed by atoms with E-state index < -0.39 is 5.97 Å². The number of urea groups is 1. The summed E-state index contributed by atoms with van der Waals surface area (Å²) < 4.78 is 0. The zero-order valence-electron chi connectivity index (χ0n) is 16.9. The van der Waals surface area contributed by atoms with Crippen LogP contribution in [0.1, 0.15) is 38.5 Å². The summed E-state index contributed by atoms with van der Waals surface area (Å²) in [6.45, 7) is 4.33. The molecule has 10 heteroatoms. The van der Waals surface area contributed by atoms with E-state index in [1.165, 1.54) is 12.8 Å². The third-order valence-corrected chi connectivity index (χ3v) is 5.93. The summed E-state index contributed by atoms with van der Waals surface area (Å²) in [5.41, 5.74) is 0. The number of carbonyl (C=O) groups excluding carboxylic acids is 2. The van der Waals surface area contributed by atoms with E-state index in [-0.39, 0.29) is 36.9 Å². The molecular weight excluding hydrogens is 412 g/mol. The smallest absolute Gasteiger partial charge is 0.320 e. The molecular formula is C19H34N4O4S2. The lowest BCUT2D eigenvalue weighted by Gasteiger charge is -2.33. The van der Waals surface area contributed by atoms with Crippen LogP contribution < -0.4 is 10.6 Å². The molecule has 3 aliphatic rings. The Balaban J connectivity index is 0.000000941. The molecule has 3 aliphatic heterocycles. The van der Waals surface area contributed by atoms with Crippen molar-refractivity contribution < 1.29 is 19.5 Å². The van der Waals surface area contributed by atoms with Gasteiger partial charge in [-0.1, -0.05) is 0 Å². The van der Waals surface area contributed by atoms with E-state index in [1.807, 2.05) is 9.80 Å². The molecule has 2 atom stereocenters. The lowest BCUT2D eigenvalue weighted by Crippen LogP contribution is -2.47.